The third-order valence-electron chi connectivity index (χ3n) is 4.86. The summed E-state index contributed by atoms with van der Waals surface area (Å²) in [4.78, 5) is 38.7. The second kappa shape index (κ2) is 12.0. The number of aliphatic carboxylic acids is 1. The number of hydrogen-bond acceptors (Lipinski definition) is 5. The Balaban J connectivity index is 2.11. The van der Waals surface area contributed by atoms with Gasteiger partial charge in [-0.2, -0.15) is 0 Å². The van der Waals surface area contributed by atoms with Crippen LogP contribution in [0.5, 0.6) is 0 Å². The Bertz CT molecular complexity index is 911. The lowest BCUT2D eigenvalue weighted by molar-refractivity contribution is -0.151. The number of benzene rings is 2. The van der Waals surface area contributed by atoms with Gasteiger partial charge in [-0.3, -0.25) is 4.79 Å². The quantitative estimate of drug-likeness (QED) is 0.569. The zero-order valence-corrected chi connectivity index (χ0v) is 19.5. The molecular weight excluding hydrogens is 424 g/mol. The summed E-state index contributed by atoms with van der Waals surface area (Å²) in [7, 11) is 1.41. The van der Waals surface area contributed by atoms with E-state index in [9.17, 15) is 19.5 Å². The van der Waals surface area contributed by atoms with Crippen LogP contribution in [0.3, 0.4) is 0 Å². The Morgan fingerprint density at radius 1 is 0.970 bits per heavy atom. The molecular formula is C25H32N2O6. The standard InChI is InChI=1S/C25H32N2O6/c1-25(2,3)33-17-20(26-24(31)32-16-19-13-9-6-10-14-19)22(28)27(4)21(23(29)30)15-18-11-7-5-8-12-18/h5-14,20-21H,15-17H2,1-4H3,(H,26,31)(H,29,30)/t20-,21-/m0/s1. The number of nitrogens with one attached hydrogen (secondary N) is 1. The molecule has 2 atom stereocenters. The summed E-state index contributed by atoms with van der Waals surface area (Å²) in [6.07, 6.45) is -0.665. The number of alkyl carbamates (subject to hydrolysis) is 1. The average Bonchev–Trinajstić information content (AvgIpc) is 2.78. The molecule has 0 saturated carbocycles. The van der Waals surface area contributed by atoms with Gasteiger partial charge in [-0.1, -0.05) is 60.7 Å². The van der Waals surface area contributed by atoms with Crippen LogP contribution in [0.4, 0.5) is 4.79 Å². The predicted molar refractivity (Wildman–Crippen MR) is 124 cm³/mol. The maximum absolute atomic E-state index is 13.2. The van der Waals surface area contributed by atoms with Gasteiger partial charge in [0.05, 0.1) is 12.2 Å². The molecule has 0 radical (unpaired) electrons. The van der Waals surface area contributed by atoms with Crippen LogP contribution in [-0.4, -0.2) is 59.3 Å². The van der Waals surface area contributed by atoms with Gasteiger partial charge >= 0.3 is 12.1 Å². The fourth-order valence-electron chi connectivity index (χ4n) is 3.04. The van der Waals surface area contributed by atoms with Gasteiger partial charge in [0.25, 0.3) is 0 Å². The van der Waals surface area contributed by atoms with Crippen molar-refractivity contribution in [3.05, 3.63) is 71.8 Å². The van der Waals surface area contributed by atoms with Crippen LogP contribution in [0.25, 0.3) is 0 Å². The minimum absolute atomic E-state index is 0.0370. The van der Waals surface area contributed by atoms with E-state index in [1.807, 2.05) is 57.2 Å². The number of ether oxygens (including phenoxy) is 2. The zero-order valence-electron chi connectivity index (χ0n) is 19.5. The number of rotatable bonds is 10. The van der Waals surface area contributed by atoms with Crippen molar-refractivity contribution in [1.82, 2.24) is 10.2 Å². The third kappa shape index (κ3) is 8.94. The number of nitrogens with zero attached hydrogens (tertiary/aromatic N) is 1. The van der Waals surface area contributed by atoms with Crippen LogP contribution < -0.4 is 5.32 Å². The van der Waals surface area contributed by atoms with Gasteiger partial charge in [-0.05, 0) is 31.9 Å². The van der Waals surface area contributed by atoms with E-state index in [0.717, 1.165) is 16.0 Å². The Labute approximate surface area is 194 Å². The number of carbonyl (C=O) groups excluding carboxylic acids is 2. The van der Waals surface area contributed by atoms with Crippen LogP contribution in [0, 0.1) is 0 Å². The molecule has 0 aromatic heterocycles. The smallest absolute Gasteiger partial charge is 0.408 e. The molecule has 2 N–H and O–H groups in total. The first kappa shape index (κ1) is 25.9. The molecule has 178 valence electrons. The highest BCUT2D eigenvalue weighted by molar-refractivity contribution is 5.89. The summed E-state index contributed by atoms with van der Waals surface area (Å²) in [5, 5.41) is 12.3. The number of carboxylic acid groups (broad SMARTS) is 1. The summed E-state index contributed by atoms with van der Waals surface area (Å²) in [6, 6.07) is 15.9. The summed E-state index contributed by atoms with van der Waals surface area (Å²) < 4.78 is 11.0. The molecule has 0 unspecified atom stereocenters. The van der Waals surface area contributed by atoms with Crippen molar-refractivity contribution >= 4 is 18.0 Å². The minimum atomic E-state index is -1.14. The van der Waals surface area contributed by atoms with Crippen molar-refractivity contribution in [1.29, 1.82) is 0 Å². The molecule has 2 amide bonds. The SMILES string of the molecule is CN(C(=O)[C@H](COC(C)(C)C)NC(=O)OCc1ccccc1)[C@@H](Cc1ccccc1)C(=O)O. The van der Waals surface area contributed by atoms with Gasteiger partial charge in [-0.25, -0.2) is 9.59 Å². The highest BCUT2D eigenvalue weighted by atomic mass is 16.5. The van der Waals surface area contributed by atoms with E-state index in [1.165, 1.54) is 7.05 Å². The molecule has 8 heteroatoms. The van der Waals surface area contributed by atoms with Crippen molar-refractivity contribution in [2.75, 3.05) is 13.7 Å². The Morgan fingerprint density at radius 3 is 2.03 bits per heavy atom. The van der Waals surface area contributed by atoms with Crippen molar-refractivity contribution in [3.63, 3.8) is 0 Å². The zero-order chi connectivity index (χ0) is 24.4. The second-order valence-corrected chi connectivity index (χ2v) is 8.67. The van der Waals surface area contributed by atoms with Gasteiger partial charge in [0.15, 0.2) is 0 Å². The van der Waals surface area contributed by atoms with E-state index in [4.69, 9.17) is 9.47 Å². The summed E-state index contributed by atoms with van der Waals surface area (Å²) in [5.74, 6) is -1.73. The van der Waals surface area contributed by atoms with Gasteiger partial charge in [0.2, 0.25) is 5.91 Å². The van der Waals surface area contributed by atoms with Crippen LogP contribution >= 0.6 is 0 Å². The topological polar surface area (TPSA) is 105 Å². The molecule has 0 aliphatic rings. The largest absolute Gasteiger partial charge is 0.480 e. The molecule has 2 aromatic rings. The first-order chi connectivity index (χ1) is 15.6. The lowest BCUT2D eigenvalue weighted by Gasteiger charge is -2.30. The van der Waals surface area contributed by atoms with E-state index in [0.29, 0.717) is 0 Å². The fraction of sp³-hybridized carbons (Fsp3) is 0.400. The number of carbonyl (C=O) groups is 3. The molecule has 0 fully saturated rings. The molecule has 2 rings (SSSR count). The Hall–Kier alpha value is -3.39. The van der Waals surface area contributed by atoms with Crippen LogP contribution in [0.15, 0.2) is 60.7 Å². The average molecular weight is 457 g/mol. The third-order valence-corrected chi connectivity index (χ3v) is 4.86. The highest BCUT2D eigenvalue weighted by Gasteiger charge is 2.33. The molecule has 33 heavy (non-hydrogen) atoms. The summed E-state index contributed by atoms with van der Waals surface area (Å²) in [6.45, 7) is 5.37. The van der Waals surface area contributed by atoms with Crippen LogP contribution in [0.2, 0.25) is 0 Å². The molecule has 0 saturated heterocycles. The first-order valence-corrected chi connectivity index (χ1v) is 10.7. The van der Waals surface area contributed by atoms with Crippen molar-refractivity contribution < 1.29 is 29.0 Å². The molecule has 8 nitrogen and oxygen atoms in total. The van der Waals surface area contributed by atoms with Crippen LogP contribution in [0.1, 0.15) is 31.9 Å². The van der Waals surface area contributed by atoms with Gasteiger partial charge in [-0.15, -0.1) is 0 Å². The maximum Gasteiger partial charge on any atom is 0.408 e. The number of hydrogen-bond donors (Lipinski definition) is 2. The Kier molecular flexibility index (Phi) is 9.42. The Morgan fingerprint density at radius 2 is 1.52 bits per heavy atom. The normalized spacial score (nSPS) is 13.0. The maximum atomic E-state index is 13.2. The monoisotopic (exact) mass is 456 g/mol. The van der Waals surface area contributed by atoms with Gasteiger partial charge in [0.1, 0.15) is 18.7 Å². The molecule has 0 aliphatic heterocycles. The molecule has 0 aliphatic carbocycles. The van der Waals surface area contributed by atoms with Gasteiger partial charge in [0, 0.05) is 13.5 Å². The minimum Gasteiger partial charge on any atom is -0.480 e. The lowest BCUT2D eigenvalue weighted by Crippen LogP contribution is -2.55. The van der Waals surface area contributed by atoms with Crippen molar-refractivity contribution in [2.45, 2.75) is 51.5 Å². The molecule has 2 aromatic carbocycles. The molecule has 0 bridgehead atoms. The van der Waals surface area contributed by atoms with Crippen molar-refractivity contribution in [2.24, 2.45) is 0 Å². The summed E-state index contributed by atoms with van der Waals surface area (Å²) >= 11 is 0. The van der Waals surface area contributed by atoms with E-state index in [1.54, 1.807) is 24.3 Å². The van der Waals surface area contributed by atoms with Crippen LogP contribution in [-0.2, 0) is 32.1 Å². The predicted octanol–water partition coefficient (Wildman–Crippen LogP) is 3.25. The van der Waals surface area contributed by atoms with Crippen molar-refractivity contribution in [3.8, 4) is 0 Å². The number of amides is 2. The van der Waals surface area contributed by atoms with E-state index >= 15 is 0 Å². The first-order valence-electron chi connectivity index (χ1n) is 10.7. The molecule has 0 heterocycles. The number of carboxylic acids is 1. The number of likely N-dealkylation sites (N-methyl/N-ethyl adjacent to an activating group) is 1. The van der Waals surface area contributed by atoms with E-state index in [2.05, 4.69) is 5.32 Å². The lowest BCUT2D eigenvalue weighted by atomic mass is 10.0. The molecule has 0 spiro atoms. The van der Waals surface area contributed by atoms with Gasteiger partial charge < -0.3 is 24.8 Å². The highest BCUT2D eigenvalue weighted by Crippen LogP contribution is 2.13. The van der Waals surface area contributed by atoms with E-state index < -0.39 is 35.7 Å². The summed E-state index contributed by atoms with van der Waals surface area (Å²) in [5.41, 5.74) is 1.01. The fourth-order valence-corrected chi connectivity index (χ4v) is 3.04. The second-order valence-electron chi connectivity index (χ2n) is 8.67. The van der Waals surface area contributed by atoms with E-state index in [-0.39, 0.29) is 19.6 Å².